The highest BCUT2D eigenvalue weighted by atomic mass is 19.1. The van der Waals surface area contributed by atoms with Crippen molar-refractivity contribution in [1.29, 1.82) is 0 Å². The smallest absolute Gasteiger partial charge is 0.232 e. The van der Waals surface area contributed by atoms with Crippen molar-refractivity contribution in [3.63, 3.8) is 0 Å². The van der Waals surface area contributed by atoms with E-state index in [-0.39, 0.29) is 12.1 Å². The SMILES string of the molecule is CCCCCCCCCCCCc1ccc(-n2nnnc2CC(=O)Nc2ccc(F)cc2F)cc1. The molecule has 0 saturated carbocycles. The first kappa shape index (κ1) is 26.4. The van der Waals surface area contributed by atoms with Crippen LogP contribution in [0.3, 0.4) is 0 Å². The number of halogens is 2. The minimum Gasteiger partial charge on any atom is -0.323 e. The molecule has 1 N–H and O–H groups in total. The van der Waals surface area contributed by atoms with Crippen LogP contribution in [-0.2, 0) is 17.6 Å². The number of amides is 1. The maximum absolute atomic E-state index is 13.8. The third kappa shape index (κ3) is 8.85. The number of carbonyl (C=O) groups is 1. The van der Waals surface area contributed by atoms with Crippen molar-refractivity contribution in [2.75, 3.05) is 5.32 Å². The fourth-order valence-electron chi connectivity index (χ4n) is 4.07. The van der Waals surface area contributed by atoms with Crippen LogP contribution < -0.4 is 5.32 Å². The fraction of sp³-hybridized carbons (Fsp3) is 0.481. The number of unbranched alkanes of at least 4 members (excludes halogenated alkanes) is 9. The van der Waals surface area contributed by atoms with E-state index in [4.69, 9.17) is 0 Å². The Hall–Kier alpha value is -3.16. The first-order valence-corrected chi connectivity index (χ1v) is 12.7. The Morgan fingerprint density at radius 2 is 1.54 bits per heavy atom. The molecule has 0 aliphatic carbocycles. The molecule has 0 unspecified atom stereocenters. The fourth-order valence-corrected chi connectivity index (χ4v) is 4.07. The lowest BCUT2D eigenvalue weighted by Gasteiger charge is -2.08. The number of aromatic nitrogens is 4. The van der Waals surface area contributed by atoms with Gasteiger partial charge in [-0.3, -0.25) is 4.79 Å². The van der Waals surface area contributed by atoms with Crippen LogP contribution in [0.15, 0.2) is 42.5 Å². The van der Waals surface area contributed by atoms with E-state index in [9.17, 15) is 13.6 Å². The molecule has 2 aromatic carbocycles. The van der Waals surface area contributed by atoms with Crippen molar-refractivity contribution in [2.45, 2.75) is 84.0 Å². The Kier molecular flexibility index (Phi) is 10.8. The number of hydrogen-bond acceptors (Lipinski definition) is 4. The lowest BCUT2D eigenvalue weighted by atomic mass is 10.0. The van der Waals surface area contributed by atoms with Crippen LogP contribution in [0.4, 0.5) is 14.5 Å². The number of nitrogens with one attached hydrogen (secondary N) is 1. The lowest BCUT2D eigenvalue weighted by molar-refractivity contribution is -0.115. The minimum atomic E-state index is -0.837. The number of aryl methyl sites for hydroxylation is 1. The summed E-state index contributed by atoms with van der Waals surface area (Å²) in [6, 6.07) is 11.0. The van der Waals surface area contributed by atoms with E-state index in [2.05, 4.69) is 39.9 Å². The van der Waals surface area contributed by atoms with E-state index in [0.717, 1.165) is 24.2 Å². The average molecular weight is 484 g/mol. The first-order valence-electron chi connectivity index (χ1n) is 12.7. The average Bonchev–Trinajstić information content (AvgIpc) is 3.30. The Morgan fingerprint density at radius 1 is 0.886 bits per heavy atom. The summed E-state index contributed by atoms with van der Waals surface area (Å²) in [6.07, 6.45) is 14.1. The Balaban J connectivity index is 1.42. The zero-order chi connectivity index (χ0) is 24.9. The quantitative estimate of drug-likeness (QED) is 0.248. The topological polar surface area (TPSA) is 72.7 Å². The second-order valence-corrected chi connectivity index (χ2v) is 8.95. The highest BCUT2D eigenvalue weighted by Crippen LogP contribution is 2.17. The lowest BCUT2D eigenvalue weighted by Crippen LogP contribution is -2.18. The zero-order valence-corrected chi connectivity index (χ0v) is 20.5. The minimum absolute atomic E-state index is 0.0910. The van der Waals surface area contributed by atoms with Gasteiger partial charge in [0.2, 0.25) is 5.91 Å². The number of nitrogens with zero attached hydrogens (tertiary/aromatic N) is 4. The summed E-state index contributed by atoms with van der Waals surface area (Å²) in [6.45, 7) is 2.25. The summed E-state index contributed by atoms with van der Waals surface area (Å²) >= 11 is 0. The van der Waals surface area contributed by atoms with Gasteiger partial charge in [0.1, 0.15) is 11.6 Å². The molecule has 3 rings (SSSR count). The molecule has 0 bridgehead atoms. The van der Waals surface area contributed by atoms with Crippen molar-refractivity contribution in [1.82, 2.24) is 20.2 Å². The molecule has 8 heteroatoms. The van der Waals surface area contributed by atoms with Gasteiger partial charge in [0.05, 0.1) is 17.8 Å². The van der Waals surface area contributed by atoms with Gasteiger partial charge in [-0.05, 0) is 53.1 Å². The molecule has 188 valence electrons. The molecular weight excluding hydrogens is 448 g/mol. The second kappa shape index (κ2) is 14.3. The third-order valence-corrected chi connectivity index (χ3v) is 6.06. The van der Waals surface area contributed by atoms with Gasteiger partial charge >= 0.3 is 0 Å². The summed E-state index contributed by atoms with van der Waals surface area (Å²) in [7, 11) is 0. The maximum atomic E-state index is 13.8. The molecule has 0 saturated heterocycles. The van der Waals surface area contributed by atoms with Crippen molar-refractivity contribution in [3.05, 3.63) is 65.5 Å². The van der Waals surface area contributed by atoms with Crippen LogP contribution in [0.25, 0.3) is 5.69 Å². The summed E-state index contributed by atoms with van der Waals surface area (Å²) in [5.41, 5.74) is 1.91. The van der Waals surface area contributed by atoms with E-state index in [1.54, 1.807) is 0 Å². The van der Waals surface area contributed by atoms with Gasteiger partial charge in [0.25, 0.3) is 0 Å². The van der Waals surface area contributed by atoms with Crippen molar-refractivity contribution >= 4 is 11.6 Å². The monoisotopic (exact) mass is 483 g/mol. The predicted molar refractivity (Wildman–Crippen MR) is 133 cm³/mol. The van der Waals surface area contributed by atoms with E-state index in [1.165, 1.54) is 80.5 Å². The first-order chi connectivity index (χ1) is 17.1. The van der Waals surface area contributed by atoms with Gasteiger partial charge < -0.3 is 5.32 Å². The zero-order valence-electron chi connectivity index (χ0n) is 20.5. The molecule has 6 nitrogen and oxygen atoms in total. The summed E-state index contributed by atoms with van der Waals surface area (Å²) in [5, 5.41) is 14.0. The van der Waals surface area contributed by atoms with Gasteiger partial charge in [-0.1, -0.05) is 76.8 Å². The summed E-state index contributed by atoms with van der Waals surface area (Å²) in [4.78, 5) is 12.3. The molecule has 1 amide bonds. The number of hydrogen-bond donors (Lipinski definition) is 1. The van der Waals surface area contributed by atoms with Crippen molar-refractivity contribution < 1.29 is 13.6 Å². The van der Waals surface area contributed by atoms with E-state index in [1.807, 2.05) is 12.1 Å². The van der Waals surface area contributed by atoms with E-state index < -0.39 is 17.5 Å². The van der Waals surface area contributed by atoms with Gasteiger partial charge in [-0.15, -0.1) is 5.10 Å². The molecule has 0 radical (unpaired) electrons. The van der Waals surface area contributed by atoms with Crippen LogP contribution in [0.5, 0.6) is 0 Å². The molecule has 0 spiro atoms. The third-order valence-electron chi connectivity index (χ3n) is 6.06. The van der Waals surface area contributed by atoms with Crippen LogP contribution in [0.1, 0.15) is 82.5 Å². The van der Waals surface area contributed by atoms with Gasteiger partial charge in [0, 0.05) is 6.07 Å². The molecule has 0 aliphatic rings. The van der Waals surface area contributed by atoms with Crippen molar-refractivity contribution in [2.24, 2.45) is 0 Å². The Morgan fingerprint density at radius 3 is 2.20 bits per heavy atom. The highest BCUT2D eigenvalue weighted by molar-refractivity contribution is 5.92. The number of carbonyl (C=O) groups excluding carboxylic acids is 1. The molecule has 0 atom stereocenters. The van der Waals surface area contributed by atoms with E-state index in [0.29, 0.717) is 5.82 Å². The number of benzene rings is 2. The van der Waals surface area contributed by atoms with Gasteiger partial charge in [-0.25, -0.2) is 8.78 Å². The summed E-state index contributed by atoms with van der Waals surface area (Å²) < 4.78 is 28.3. The second-order valence-electron chi connectivity index (χ2n) is 8.95. The standard InChI is InChI=1S/C27H35F2N5O/c1-2-3-4-5-6-7-8-9-10-11-12-21-13-16-23(17-14-21)34-26(31-32-33-34)20-27(35)30-25-18-15-22(28)19-24(25)29/h13-19H,2-12,20H2,1H3,(H,30,35). The normalized spacial score (nSPS) is 11.1. The number of anilines is 1. The highest BCUT2D eigenvalue weighted by Gasteiger charge is 2.15. The molecule has 1 aromatic heterocycles. The van der Waals surface area contributed by atoms with Crippen LogP contribution in [-0.4, -0.2) is 26.1 Å². The summed E-state index contributed by atoms with van der Waals surface area (Å²) in [5.74, 6) is -1.71. The van der Waals surface area contributed by atoms with E-state index >= 15 is 0 Å². The molecule has 35 heavy (non-hydrogen) atoms. The Bertz CT molecular complexity index is 1050. The number of rotatable bonds is 15. The molecule has 0 aliphatic heterocycles. The maximum Gasteiger partial charge on any atom is 0.232 e. The van der Waals surface area contributed by atoms with Crippen LogP contribution >= 0.6 is 0 Å². The molecular formula is C27H35F2N5O. The Labute approximate surface area is 206 Å². The number of tetrazole rings is 1. The molecule has 0 fully saturated rings. The van der Waals surface area contributed by atoms with Crippen molar-refractivity contribution in [3.8, 4) is 5.69 Å². The molecule has 1 heterocycles. The molecule has 3 aromatic rings. The van der Waals surface area contributed by atoms with Gasteiger partial charge in [-0.2, -0.15) is 4.68 Å². The van der Waals surface area contributed by atoms with Crippen LogP contribution in [0, 0.1) is 11.6 Å². The van der Waals surface area contributed by atoms with Crippen LogP contribution in [0.2, 0.25) is 0 Å². The predicted octanol–water partition coefficient (Wildman–Crippen LogP) is 6.59. The largest absolute Gasteiger partial charge is 0.323 e. The van der Waals surface area contributed by atoms with Gasteiger partial charge in [0.15, 0.2) is 5.82 Å².